The predicted octanol–water partition coefficient (Wildman–Crippen LogP) is 2.99. The molecule has 3 N–H and O–H groups in total. The number of H-pyrrole nitrogens is 1. The number of carbonyl (C=O) groups excluding carboxylic acids is 2. The number of amides is 2. The molecule has 0 saturated carbocycles. The van der Waals surface area contributed by atoms with Crippen molar-refractivity contribution in [2.45, 2.75) is 6.92 Å². The van der Waals surface area contributed by atoms with Gasteiger partial charge in [0.15, 0.2) is 12.3 Å². The van der Waals surface area contributed by atoms with Crippen molar-refractivity contribution in [3.05, 3.63) is 54.1 Å². The zero-order valence-corrected chi connectivity index (χ0v) is 14.6. The van der Waals surface area contributed by atoms with Gasteiger partial charge in [-0.05, 0) is 24.6 Å². The molecule has 8 heteroatoms. The van der Waals surface area contributed by atoms with E-state index in [-0.39, 0.29) is 24.7 Å². The van der Waals surface area contributed by atoms with Crippen molar-refractivity contribution in [1.29, 1.82) is 0 Å². The summed E-state index contributed by atoms with van der Waals surface area (Å²) in [6, 6.07) is 14.4. The van der Waals surface area contributed by atoms with Crippen LogP contribution in [0.25, 0.3) is 10.9 Å². The van der Waals surface area contributed by atoms with Gasteiger partial charge >= 0.3 is 0 Å². The number of nitrogens with zero attached hydrogens (tertiary/aromatic N) is 2. The fourth-order valence-corrected chi connectivity index (χ4v) is 2.44. The van der Waals surface area contributed by atoms with E-state index in [2.05, 4.69) is 20.5 Å². The molecule has 0 bridgehead atoms. The molecule has 8 nitrogen and oxygen atoms in total. The van der Waals surface area contributed by atoms with E-state index in [9.17, 15) is 14.7 Å². The molecule has 0 spiro atoms. The van der Waals surface area contributed by atoms with E-state index in [4.69, 9.17) is 4.74 Å². The molecule has 0 aliphatic heterocycles. The molecule has 2 aromatic carbocycles. The van der Waals surface area contributed by atoms with Crippen molar-refractivity contribution in [3.8, 4) is 11.6 Å². The van der Waals surface area contributed by atoms with E-state index >= 15 is 0 Å². The summed E-state index contributed by atoms with van der Waals surface area (Å²) in [5.41, 5.74) is 1.76. The first-order chi connectivity index (χ1) is 13.0. The number of fused-ring (bicyclic) bond motifs is 1. The monoisotopic (exact) mass is 366 g/mol. The van der Waals surface area contributed by atoms with Crippen LogP contribution in [0.5, 0.6) is 11.6 Å². The maximum Gasteiger partial charge on any atom is 0.283 e. The predicted molar refractivity (Wildman–Crippen MR) is 99.2 cm³/mol. The second-order valence-electron chi connectivity index (χ2n) is 5.79. The number of hydrogen-bond donors (Lipinski definition) is 3. The molecule has 0 aliphatic rings. The Labute approximate surface area is 154 Å². The standard InChI is InChI=1S/C19H18N4O4/c1-12-6-2-5-9-15(12)27-11-17(25)20-10-16(24)22-23-18-13-7-3-4-8-14(13)21-19(18)26/h2-9,21,26H,10-11H2,1H3,(H,20,25). The first-order valence-electron chi connectivity index (χ1n) is 8.24. The number of azo groups is 1. The number of hydrogen-bond acceptors (Lipinski definition) is 5. The second-order valence-corrected chi connectivity index (χ2v) is 5.79. The zero-order chi connectivity index (χ0) is 19.2. The Morgan fingerprint density at radius 3 is 2.70 bits per heavy atom. The lowest BCUT2D eigenvalue weighted by atomic mass is 10.2. The van der Waals surface area contributed by atoms with Gasteiger partial charge in [-0.15, -0.1) is 10.2 Å². The fourth-order valence-electron chi connectivity index (χ4n) is 2.44. The van der Waals surface area contributed by atoms with Gasteiger partial charge in [-0.25, -0.2) is 0 Å². The van der Waals surface area contributed by atoms with Crippen molar-refractivity contribution in [2.75, 3.05) is 13.2 Å². The van der Waals surface area contributed by atoms with Crippen LogP contribution in [-0.4, -0.2) is 35.1 Å². The lowest BCUT2D eigenvalue weighted by molar-refractivity contribution is -0.126. The van der Waals surface area contributed by atoms with Crippen LogP contribution < -0.4 is 10.1 Å². The summed E-state index contributed by atoms with van der Waals surface area (Å²) in [4.78, 5) is 26.3. The highest BCUT2D eigenvalue weighted by atomic mass is 16.5. The molecular weight excluding hydrogens is 348 g/mol. The van der Waals surface area contributed by atoms with Gasteiger partial charge in [-0.1, -0.05) is 36.4 Å². The normalized spacial score (nSPS) is 11.0. The van der Waals surface area contributed by atoms with E-state index < -0.39 is 11.8 Å². The largest absolute Gasteiger partial charge is 0.493 e. The number of aromatic nitrogens is 1. The molecule has 0 unspecified atom stereocenters. The number of benzene rings is 2. The van der Waals surface area contributed by atoms with E-state index in [1.165, 1.54) is 0 Å². The van der Waals surface area contributed by atoms with Crippen LogP contribution in [0.2, 0.25) is 0 Å². The molecule has 3 rings (SSSR count). The molecule has 0 atom stereocenters. The molecule has 0 saturated heterocycles. The first-order valence-corrected chi connectivity index (χ1v) is 8.24. The summed E-state index contributed by atoms with van der Waals surface area (Å²) in [5, 5.41) is 20.2. The molecule has 0 fully saturated rings. The number of carbonyl (C=O) groups is 2. The summed E-state index contributed by atoms with van der Waals surface area (Å²) in [6.45, 7) is 1.35. The minimum atomic E-state index is -0.649. The summed E-state index contributed by atoms with van der Waals surface area (Å²) >= 11 is 0. The van der Waals surface area contributed by atoms with Crippen LogP contribution in [0.1, 0.15) is 5.56 Å². The van der Waals surface area contributed by atoms with Gasteiger partial charge in [0.1, 0.15) is 12.3 Å². The third-order valence-electron chi connectivity index (χ3n) is 3.81. The van der Waals surface area contributed by atoms with Gasteiger partial charge in [0.05, 0.1) is 5.52 Å². The van der Waals surface area contributed by atoms with Crippen molar-refractivity contribution < 1.29 is 19.4 Å². The number of nitrogens with one attached hydrogen (secondary N) is 2. The number of rotatable bonds is 6. The van der Waals surface area contributed by atoms with Crippen LogP contribution in [-0.2, 0) is 9.59 Å². The smallest absolute Gasteiger partial charge is 0.283 e. The number of para-hydroxylation sites is 2. The summed E-state index contributed by atoms with van der Waals surface area (Å²) in [6.07, 6.45) is 0. The van der Waals surface area contributed by atoms with E-state index in [0.29, 0.717) is 16.7 Å². The summed E-state index contributed by atoms with van der Waals surface area (Å²) in [5.74, 6) is -0.669. The van der Waals surface area contributed by atoms with Crippen molar-refractivity contribution >= 4 is 28.4 Å². The Hall–Kier alpha value is -3.68. The van der Waals surface area contributed by atoms with Gasteiger partial charge in [0.25, 0.3) is 11.8 Å². The Morgan fingerprint density at radius 2 is 1.89 bits per heavy atom. The fraction of sp³-hybridized carbons (Fsp3) is 0.158. The van der Waals surface area contributed by atoms with Gasteiger partial charge in [-0.3, -0.25) is 9.59 Å². The zero-order valence-electron chi connectivity index (χ0n) is 14.6. The average molecular weight is 366 g/mol. The topological polar surface area (TPSA) is 116 Å². The van der Waals surface area contributed by atoms with Crippen LogP contribution in [0.3, 0.4) is 0 Å². The van der Waals surface area contributed by atoms with Crippen molar-refractivity contribution in [1.82, 2.24) is 10.3 Å². The lowest BCUT2D eigenvalue weighted by Gasteiger charge is -2.08. The maximum atomic E-state index is 11.8. The highest BCUT2D eigenvalue weighted by molar-refractivity contribution is 5.94. The van der Waals surface area contributed by atoms with Crippen molar-refractivity contribution in [2.24, 2.45) is 10.2 Å². The first kappa shape index (κ1) is 18.1. The lowest BCUT2D eigenvalue weighted by Crippen LogP contribution is -2.32. The van der Waals surface area contributed by atoms with Crippen molar-refractivity contribution in [3.63, 3.8) is 0 Å². The third kappa shape index (κ3) is 4.49. The highest BCUT2D eigenvalue weighted by Gasteiger charge is 2.11. The van der Waals surface area contributed by atoms with Gasteiger partial charge in [-0.2, -0.15) is 0 Å². The number of aryl methyl sites for hydroxylation is 1. The Balaban J connectivity index is 1.52. The van der Waals surface area contributed by atoms with Gasteiger partial charge in [0.2, 0.25) is 5.88 Å². The number of aromatic amines is 1. The average Bonchev–Trinajstić information content (AvgIpc) is 2.99. The minimum Gasteiger partial charge on any atom is -0.493 e. The third-order valence-corrected chi connectivity index (χ3v) is 3.81. The molecule has 3 aromatic rings. The molecule has 0 radical (unpaired) electrons. The molecule has 1 aromatic heterocycles. The van der Waals surface area contributed by atoms with Crippen LogP contribution >= 0.6 is 0 Å². The maximum absolute atomic E-state index is 11.8. The summed E-state index contributed by atoms with van der Waals surface area (Å²) in [7, 11) is 0. The number of ether oxygens (including phenoxy) is 1. The van der Waals surface area contributed by atoms with Crippen LogP contribution in [0, 0.1) is 6.92 Å². The van der Waals surface area contributed by atoms with Gasteiger partial charge in [0, 0.05) is 5.39 Å². The molecule has 2 amide bonds. The Kier molecular flexibility index (Phi) is 5.46. The van der Waals surface area contributed by atoms with Crippen LogP contribution in [0.15, 0.2) is 58.8 Å². The molecule has 27 heavy (non-hydrogen) atoms. The SMILES string of the molecule is Cc1ccccc1OCC(=O)NCC(=O)N=Nc1c(O)[nH]c2ccccc12. The molecule has 138 valence electrons. The van der Waals surface area contributed by atoms with E-state index in [1.54, 1.807) is 30.3 Å². The Bertz CT molecular complexity index is 1010. The molecule has 1 heterocycles. The van der Waals surface area contributed by atoms with E-state index in [1.807, 2.05) is 25.1 Å². The molecule has 0 aliphatic carbocycles. The molecular formula is C19H18N4O4. The van der Waals surface area contributed by atoms with Gasteiger partial charge < -0.3 is 20.1 Å². The number of aromatic hydroxyl groups is 1. The Morgan fingerprint density at radius 1 is 1.15 bits per heavy atom. The quantitative estimate of drug-likeness (QED) is 0.582. The minimum absolute atomic E-state index is 0.174. The highest BCUT2D eigenvalue weighted by Crippen LogP contribution is 2.35. The second kappa shape index (κ2) is 8.13. The van der Waals surface area contributed by atoms with Crippen LogP contribution in [0.4, 0.5) is 5.69 Å². The summed E-state index contributed by atoms with van der Waals surface area (Å²) < 4.78 is 5.40. The van der Waals surface area contributed by atoms with E-state index in [0.717, 1.165) is 5.56 Å².